The molecule has 0 spiro atoms. The Morgan fingerprint density at radius 1 is 0.853 bits per heavy atom. The highest BCUT2D eigenvalue weighted by Crippen LogP contribution is 2.36. The van der Waals surface area contributed by atoms with Crippen molar-refractivity contribution in [1.82, 2.24) is 0 Å². The molecule has 0 bridgehead atoms. The summed E-state index contributed by atoms with van der Waals surface area (Å²) in [6.45, 7) is -0.111. The molecular weight excluding hydrogens is 444 g/mol. The van der Waals surface area contributed by atoms with Crippen molar-refractivity contribution < 1.29 is 27.4 Å². The van der Waals surface area contributed by atoms with Crippen LogP contribution in [0, 0.1) is 29.2 Å². The van der Waals surface area contributed by atoms with E-state index in [2.05, 4.69) is 0 Å². The second-order valence-electron chi connectivity index (χ2n) is 8.61. The van der Waals surface area contributed by atoms with Crippen LogP contribution in [-0.4, -0.2) is 12.2 Å². The number of benzene rings is 3. The monoisotopic (exact) mass is 470 g/mol. The number of ether oxygens (including phenoxy) is 1. The van der Waals surface area contributed by atoms with Gasteiger partial charge in [-0.1, -0.05) is 42.5 Å². The first-order valence-electron chi connectivity index (χ1n) is 11.3. The van der Waals surface area contributed by atoms with Crippen molar-refractivity contribution in [3.63, 3.8) is 0 Å². The number of aliphatic hydroxyl groups excluding tert-OH is 1. The fraction of sp³-hybridized carbons (Fsp3) is 0.286. The van der Waals surface area contributed by atoms with E-state index < -0.39 is 23.3 Å². The molecule has 1 aliphatic carbocycles. The number of methoxy groups -OCH3 is 1. The van der Waals surface area contributed by atoms with E-state index in [1.807, 2.05) is 6.08 Å². The highest BCUT2D eigenvalue weighted by Gasteiger charge is 2.22. The maximum atomic E-state index is 14.8. The molecule has 0 aliphatic heterocycles. The molecule has 0 saturated carbocycles. The van der Waals surface area contributed by atoms with Crippen molar-refractivity contribution >= 4 is 5.57 Å². The maximum Gasteiger partial charge on any atom is 0.201 e. The largest absolute Gasteiger partial charge is 0.494 e. The average Bonchev–Trinajstić information content (AvgIpc) is 2.87. The zero-order valence-electron chi connectivity index (χ0n) is 18.9. The Balaban J connectivity index is 1.41. The van der Waals surface area contributed by atoms with Gasteiger partial charge in [-0.25, -0.2) is 13.2 Å². The van der Waals surface area contributed by atoms with Gasteiger partial charge in [0.15, 0.2) is 23.2 Å². The van der Waals surface area contributed by atoms with Crippen LogP contribution in [0.5, 0.6) is 5.75 Å². The minimum atomic E-state index is -0.992. The van der Waals surface area contributed by atoms with Crippen molar-refractivity contribution in [3.05, 3.63) is 94.6 Å². The molecule has 0 amide bonds. The highest BCUT2D eigenvalue weighted by atomic mass is 19.2. The summed E-state index contributed by atoms with van der Waals surface area (Å²) in [6, 6.07) is 12.8. The second-order valence-corrected chi connectivity index (χ2v) is 8.61. The minimum Gasteiger partial charge on any atom is -0.494 e. The molecule has 1 aliphatic rings. The quantitative estimate of drug-likeness (QED) is 0.369. The third-order valence-corrected chi connectivity index (χ3v) is 6.56. The topological polar surface area (TPSA) is 29.5 Å². The molecule has 0 heterocycles. The molecule has 0 fully saturated rings. The fourth-order valence-electron chi connectivity index (χ4n) is 4.49. The molecule has 1 unspecified atom stereocenters. The Kier molecular flexibility index (Phi) is 7.37. The Morgan fingerprint density at radius 3 is 2.21 bits per heavy atom. The SMILES string of the molecule is COc1ccc(C2=CCC(CCc3ccc(-c4ccc(CO)cc4)c(F)c3F)CC2)c(F)c1F. The van der Waals surface area contributed by atoms with E-state index in [0.717, 1.165) is 12.0 Å². The molecule has 2 nitrogen and oxygen atoms in total. The van der Waals surface area contributed by atoms with Gasteiger partial charge in [-0.05, 0) is 72.4 Å². The molecule has 34 heavy (non-hydrogen) atoms. The van der Waals surface area contributed by atoms with E-state index in [4.69, 9.17) is 9.84 Å². The highest BCUT2D eigenvalue weighted by molar-refractivity contribution is 5.68. The number of rotatable bonds is 7. The second kappa shape index (κ2) is 10.4. The normalized spacial score (nSPS) is 15.8. The number of allylic oxidation sites excluding steroid dienone is 2. The zero-order valence-corrected chi connectivity index (χ0v) is 18.9. The molecule has 4 rings (SSSR count). The van der Waals surface area contributed by atoms with Crippen LogP contribution in [0.2, 0.25) is 0 Å². The van der Waals surface area contributed by atoms with Crippen LogP contribution in [-0.2, 0) is 13.0 Å². The molecule has 3 aromatic carbocycles. The lowest BCUT2D eigenvalue weighted by Crippen LogP contribution is -2.09. The van der Waals surface area contributed by atoms with E-state index >= 15 is 0 Å². The van der Waals surface area contributed by atoms with Crippen LogP contribution in [0.1, 0.15) is 42.4 Å². The van der Waals surface area contributed by atoms with E-state index in [-0.39, 0.29) is 29.4 Å². The van der Waals surface area contributed by atoms with Crippen molar-refractivity contribution in [2.75, 3.05) is 7.11 Å². The van der Waals surface area contributed by atoms with Crippen LogP contribution in [0.25, 0.3) is 16.7 Å². The van der Waals surface area contributed by atoms with Gasteiger partial charge in [0.2, 0.25) is 5.82 Å². The van der Waals surface area contributed by atoms with Gasteiger partial charge in [0.1, 0.15) is 0 Å². The third kappa shape index (κ3) is 4.87. The first kappa shape index (κ1) is 24.0. The van der Waals surface area contributed by atoms with Gasteiger partial charge in [0, 0.05) is 11.1 Å². The Bertz CT molecular complexity index is 1200. The molecule has 178 valence electrons. The zero-order chi connectivity index (χ0) is 24.2. The summed E-state index contributed by atoms with van der Waals surface area (Å²) in [4.78, 5) is 0. The lowest BCUT2D eigenvalue weighted by atomic mass is 9.83. The number of hydrogen-bond donors (Lipinski definition) is 1. The first-order valence-corrected chi connectivity index (χ1v) is 11.3. The number of halogens is 4. The van der Waals surface area contributed by atoms with Crippen LogP contribution < -0.4 is 4.74 Å². The van der Waals surface area contributed by atoms with Crippen molar-refractivity contribution in [2.24, 2.45) is 5.92 Å². The lowest BCUT2D eigenvalue weighted by molar-refractivity contribution is 0.282. The minimum absolute atomic E-state index is 0.111. The van der Waals surface area contributed by atoms with Crippen LogP contribution in [0.3, 0.4) is 0 Å². The number of hydrogen-bond acceptors (Lipinski definition) is 2. The summed E-state index contributed by atoms with van der Waals surface area (Å²) in [5, 5.41) is 9.14. The molecule has 3 aromatic rings. The third-order valence-electron chi connectivity index (χ3n) is 6.56. The van der Waals surface area contributed by atoms with E-state index in [1.165, 1.54) is 19.2 Å². The Hall–Kier alpha value is -3.12. The van der Waals surface area contributed by atoms with Gasteiger partial charge in [-0.2, -0.15) is 4.39 Å². The number of aryl methyl sites for hydroxylation is 1. The molecule has 1 N–H and O–H groups in total. The lowest BCUT2D eigenvalue weighted by Gasteiger charge is -2.23. The van der Waals surface area contributed by atoms with Crippen LogP contribution in [0.4, 0.5) is 17.6 Å². The molecule has 0 aromatic heterocycles. The summed E-state index contributed by atoms with van der Waals surface area (Å²) < 4.78 is 62.8. The van der Waals surface area contributed by atoms with Crippen molar-refractivity contribution in [1.29, 1.82) is 0 Å². The van der Waals surface area contributed by atoms with Gasteiger partial charge in [-0.15, -0.1) is 0 Å². The van der Waals surface area contributed by atoms with Crippen molar-refractivity contribution in [3.8, 4) is 16.9 Å². The van der Waals surface area contributed by atoms with Crippen LogP contribution >= 0.6 is 0 Å². The smallest absolute Gasteiger partial charge is 0.201 e. The Labute approximate surface area is 196 Å². The summed E-state index contributed by atoms with van der Waals surface area (Å²) in [5.74, 6) is -3.49. The molecule has 1 atom stereocenters. The molecule has 6 heteroatoms. The van der Waals surface area contributed by atoms with Gasteiger partial charge in [0.05, 0.1) is 13.7 Å². The number of aliphatic hydroxyl groups is 1. The summed E-state index contributed by atoms with van der Waals surface area (Å²) in [7, 11) is 1.29. The summed E-state index contributed by atoms with van der Waals surface area (Å²) >= 11 is 0. The predicted octanol–water partition coefficient (Wildman–Crippen LogP) is 7.23. The van der Waals surface area contributed by atoms with E-state index in [0.29, 0.717) is 42.4 Å². The molecular formula is C28H26F4O2. The van der Waals surface area contributed by atoms with E-state index in [9.17, 15) is 17.6 Å². The summed E-state index contributed by atoms with van der Waals surface area (Å²) in [5.41, 5.74) is 2.76. The summed E-state index contributed by atoms with van der Waals surface area (Å²) in [6.07, 6.45) is 5.00. The van der Waals surface area contributed by atoms with Gasteiger partial charge < -0.3 is 9.84 Å². The predicted molar refractivity (Wildman–Crippen MR) is 124 cm³/mol. The fourth-order valence-corrected chi connectivity index (χ4v) is 4.49. The van der Waals surface area contributed by atoms with E-state index in [1.54, 1.807) is 36.4 Å². The first-order chi connectivity index (χ1) is 16.4. The Morgan fingerprint density at radius 2 is 1.56 bits per heavy atom. The molecule has 0 saturated heterocycles. The van der Waals surface area contributed by atoms with Gasteiger partial charge >= 0.3 is 0 Å². The van der Waals surface area contributed by atoms with Crippen molar-refractivity contribution in [2.45, 2.75) is 38.7 Å². The van der Waals surface area contributed by atoms with Gasteiger partial charge in [0.25, 0.3) is 0 Å². The van der Waals surface area contributed by atoms with Gasteiger partial charge in [-0.3, -0.25) is 0 Å². The average molecular weight is 471 g/mol. The van der Waals surface area contributed by atoms with Crippen LogP contribution in [0.15, 0.2) is 54.6 Å². The maximum absolute atomic E-state index is 14.8. The standard InChI is InChI=1S/C28H26F4O2/c1-34-24-15-14-23(27(31)28(24)32)19-7-2-17(3-8-19)4-11-21-12-13-22(26(30)25(21)29)20-9-5-18(16-33)6-10-20/h5-7,9-10,12-15,17,33H,2-4,8,11,16H2,1H3. The molecule has 0 radical (unpaired) electrons.